The molecule has 8 heteroatoms. The smallest absolute Gasteiger partial charge is 0.242 e. The van der Waals surface area contributed by atoms with Crippen molar-refractivity contribution in [2.75, 3.05) is 6.54 Å². The van der Waals surface area contributed by atoms with Gasteiger partial charge in [-0.15, -0.1) is 0 Å². The van der Waals surface area contributed by atoms with Crippen LogP contribution >= 0.6 is 34.5 Å². The molecular formula is C13H13Cl2NO3S2. The second kappa shape index (κ2) is 6.64. The van der Waals surface area contributed by atoms with Crippen LogP contribution in [0, 0.1) is 6.92 Å². The monoisotopic (exact) mass is 365 g/mol. The normalized spacial score (nSPS) is 13.3. The van der Waals surface area contributed by atoms with E-state index in [1.54, 1.807) is 18.4 Å². The van der Waals surface area contributed by atoms with Crippen LogP contribution in [0.1, 0.15) is 17.2 Å². The molecule has 2 aromatic rings. The summed E-state index contributed by atoms with van der Waals surface area (Å²) in [4.78, 5) is -0.0522. The number of hydrogen-bond acceptors (Lipinski definition) is 4. The van der Waals surface area contributed by atoms with Crippen molar-refractivity contribution in [1.82, 2.24) is 4.72 Å². The molecule has 114 valence electrons. The lowest BCUT2D eigenvalue weighted by Gasteiger charge is -2.13. The summed E-state index contributed by atoms with van der Waals surface area (Å²) in [5.74, 6) is 0. The summed E-state index contributed by atoms with van der Waals surface area (Å²) in [5.41, 5.74) is 1.28. The van der Waals surface area contributed by atoms with Crippen molar-refractivity contribution >= 4 is 44.6 Å². The van der Waals surface area contributed by atoms with Crippen molar-refractivity contribution in [3.05, 3.63) is 50.1 Å². The van der Waals surface area contributed by atoms with Gasteiger partial charge in [-0.3, -0.25) is 0 Å². The first-order chi connectivity index (χ1) is 9.81. The molecule has 0 radical (unpaired) electrons. The Hall–Kier alpha value is -0.630. The highest BCUT2D eigenvalue weighted by Gasteiger charge is 2.21. The maximum atomic E-state index is 12.2. The molecule has 0 spiro atoms. The predicted octanol–water partition coefficient (Wildman–Crippen LogP) is 3.38. The first-order valence-corrected chi connectivity index (χ1v) is 9.15. The Labute approximate surface area is 137 Å². The fourth-order valence-electron chi connectivity index (χ4n) is 1.69. The van der Waals surface area contributed by atoms with Crippen molar-refractivity contribution in [3.8, 4) is 0 Å². The van der Waals surface area contributed by atoms with Crippen LogP contribution in [0.2, 0.25) is 10.0 Å². The number of rotatable bonds is 5. The van der Waals surface area contributed by atoms with E-state index in [0.29, 0.717) is 16.1 Å². The van der Waals surface area contributed by atoms with Crippen molar-refractivity contribution in [2.45, 2.75) is 17.9 Å². The molecule has 0 bridgehead atoms. The average molecular weight is 366 g/mol. The van der Waals surface area contributed by atoms with Gasteiger partial charge < -0.3 is 5.11 Å². The molecule has 2 N–H and O–H groups in total. The molecule has 0 fully saturated rings. The van der Waals surface area contributed by atoms with Gasteiger partial charge in [0, 0.05) is 11.6 Å². The van der Waals surface area contributed by atoms with Crippen LogP contribution in [0.25, 0.3) is 0 Å². The van der Waals surface area contributed by atoms with Crippen LogP contribution in [0.15, 0.2) is 33.9 Å². The molecule has 0 saturated carbocycles. The minimum Gasteiger partial charge on any atom is -0.387 e. The van der Waals surface area contributed by atoms with Gasteiger partial charge in [-0.05, 0) is 47.0 Å². The predicted molar refractivity (Wildman–Crippen MR) is 85.7 cm³/mol. The number of aliphatic hydroxyl groups excluding tert-OH is 1. The number of hydrogen-bond donors (Lipinski definition) is 2. The highest BCUT2D eigenvalue weighted by Crippen LogP contribution is 2.28. The number of thiophene rings is 1. The van der Waals surface area contributed by atoms with Crippen molar-refractivity contribution in [2.24, 2.45) is 0 Å². The van der Waals surface area contributed by atoms with E-state index < -0.39 is 16.1 Å². The SMILES string of the molecule is Cc1cc(S(=O)(=O)NCC(O)c2ccsc2)c(Cl)cc1Cl. The zero-order valence-electron chi connectivity index (χ0n) is 11.0. The largest absolute Gasteiger partial charge is 0.387 e. The molecule has 0 aliphatic carbocycles. The lowest BCUT2D eigenvalue weighted by atomic mass is 10.2. The van der Waals surface area contributed by atoms with Gasteiger partial charge in [-0.25, -0.2) is 13.1 Å². The number of benzene rings is 1. The standard InChI is InChI=1S/C13H13Cl2NO3S2/c1-8-4-13(11(15)5-10(8)14)21(18,19)16-6-12(17)9-2-3-20-7-9/h2-5,7,12,16-17H,6H2,1H3. The van der Waals surface area contributed by atoms with Gasteiger partial charge in [0.1, 0.15) is 4.90 Å². The molecule has 1 unspecified atom stereocenters. The lowest BCUT2D eigenvalue weighted by Crippen LogP contribution is -2.28. The minimum absolute atomic E-state index is 0.0446. The summed E-state index contributed by atoms with van der Waals surface area (Å²) in [7, 11) is -3.81. The Bertz CT molecular complexity index is 730. The number of sulfonamides is 1. The summed E-state index contributed by atoms with van der Waals surface area (Å²) < 4.78 is 26.8. The van der Waals surface area contributed by atoms with Gasteiger partial charge in [0.05, 0.1) is 11.1 Å². The third kappa shape index (κ3) is 3.97. The van der Waals surface area contributed by atoms with Crippen LogP contribution < -0.4 is 4.72 Å². The molecule has 1 aromatic heterocycles. The van der Waals surface area contributed by atoms with Crippen LogP contribution in [-0.4, -0.2) is 20.1 Å². The zero-order chi connectivity index (χ0) is 15.6. The van der Waals surface area contributed by atoms with Gasteiger partial charge in [0.25, 0.3) is 0 Å². The molecule has 1 aromatic carbocycles. The van der Waals surface area contributed by atoms with Crippen LogP contribution in [-0.2, 0) is 10.0 Å². The fourth-order valence-corrected chi connectivity index (χ4v) is 4.26. The van der Waals surface area contributed by atoms with Gasteiger partial charge in [0.2, 0.25) is 10.0 Å². The summed E-state index contributed by atoms with van der Waals surface area (Å²) >= 11 is 13.3. The van der Waals surface area contributed by atoms with E-state index in [1.807, 2.05) is 5.38 Å². The number of halogens is 2. The molecule has 21 heavy (non-hydrogen) atoms. The summed E-state index contributed by atoms with van der Waals surface area (Å²) in [6.07, 6.45) is -0.904. The maximum Gasteiger partial charge on any atom is 0.242 e. The Morgan fingerprint density at radius 1 is 1.33 bits per heavy atom. The van der Waals surface area contributed by atoms with Gasteiger partial charge in [0.15, 0.2) is 0 Å². The van der Waals surface area contributed by atoms with E-state index in [9.17, 15) is 13.5 Å². The highest BCUT2D eigenvalue weighted by atomic mass is 35.5. The second-order valence-corrected chi connectivity index (χ2v) is 7.79. The molecule has 0 amide bonds. The maximum absolute atomic E-state index is 12.2. The zero-order valence-corrected chi connectivity index (χ0v) is 14.2. The lowest BCUT2D eigenvalue weighted by molar-refractivity contribution is 0.182. The Kier molecular flexibility index (Phi) is 5.29. The van der Waals surface area contributed by atoms with Crippen molar-refractivity contribution in [1.29, 1.82) is 0 Å². The Morgan fingerprint density at radius 2 is 2.05 bits per heavy atom. The summed E-state index contributed by atoms with van der Waals surface area (Å²) in [5, 5.41) is 13.9. The third-order valence-corrected chi connectivity index (χ3v) is 5.89. The summed E-state index contributed by atoms with van der Waals surface area (Å²) in [6, 6.07) is 4.54. The third-order valence-electron chi connectivity index (χ3n) is 2.90. The average Bonchev–Trinajstić information content (AvgIpc) is 2.94. The van der Waals surface area contributed by atoms with E-state index in [4.69, 9.17) is 23.2 Å². The molecule has 0 aliphatic heterocycles. The minimum atomic E-state index is -3.81. The molecule has 1 heterocycles. The highest BCUT2D eigenvalue weighted by molar-refractivity contribution is 7.89. The second-order valence-electron chi connectivity index (χ2n) is 4.46. The molecule has 4 nitrogen and oxygen atoms in total. The van der Waals surface area contributed by atoms with E-state index in [2.05, 4.69) is 4.72 Å². The molecule has 0 aliphatic rings. The van der Waals surface area contributed by atoms with E-state index in [0.717, 1.165) is 0 Å². The Balaban J connectivity index is 2.17. The number of aliphatic hydroxyl groups is 1. The van der Waals surface area contributed by atoms with Crippen molar-refractivity contribution < 1.29 is 13.5 Å². The Morgan fingerprint density at radius 3 is 2.67 bits per heavy atom. The quantitative estimate of drug-likeness (QED) is 0.853. The van der Waals surface area contributed by atoms with Crippen molar-refractivity contribution in [3.63, 3.8) is 0 Å². The first kappa shape index (κ1) is 16.7. The van der Waals surface area contributed by atoms with Gasteiger partial charge in [-0.1, -0.05) is 23.2 Å². The van der Waals surface area contributed by atoms with Gasteiger partial charge in [-0.2, -0.15) is 11.3 Å². The molecule has 2 rings (SSSR count). The molecular weight excluding hydrogens is 353 g/mol. The van der Waals surface area contributed by atoms with E-state index in [-0.39, 0.29) is 16.5 Å². The molecule has 0 saturated heterocycles. The molecule has 1 atom stereocenters. The first-order valence-electron chi connectivity index (χ1n) is 5.97. The summed E-state index contributed by atoms with van der Waals surface area (Å²) in [6.45, 7) is 1.56. The van der Waals surface area contributed by atoms with Crippen LogP contribution in [0.5, 0.6) is 0 Å². The van der Waals surface area contributed by atoms with Crippen LogP contribution in [0.4, 0.5) is 0 Å². The van der Waals surface area contributed by atoms with E-state index in [1.165, 1.54) is 23.5 Å². The van der Waals surface area contributed by atoms with Crippen LogP contribution in [0.3, 0.4) is 0 Å². The van der Waals surface area contributed by atoms with Gasteiger partial charge >= 0.3 is 0 Å². The fraction of sp³-hybridized carbons (Fsp3) is 0.231. The number of aryl methyl sites for hydroxylation is 1. The topological polar surface area (TPSA) is 66.4 Å². The van der Waals surface area contributed by atoms with E-state index >= 15 is 0 Å². The number of nitrogens with one attached hydrogen (secondary N) is 1.